The van der Waals surface area contributed by atoms with Gasteiger partial charge in [0.05, 0.1) is 22.2 Å². The Balaban J connectivity index is 2.31. The molecule has 1 aliphatic heterocycles. The summed E-state index contributed by atoms with van der Waals surface area (Å²) in [5, 5.41) is 4.13. The highest BCUT2D eigenvalue weighted by atomic mass is 35.5. The maximum absolute atomic E-state index is 13.5. The van der Waals surface area contributed by atoms with Gasteiger partial charge in [-0.05, 0) is 12.1 Å². The fraction of sp³-hybridized carbons (Fsp3) is 0.300. The summed E-state index contributed by atoms with van der Waals surface area (Å²) in [5.74, 6) is -0.0564. The molecule has 0 saturated heterocycles. The van der Waals surface area contributed by atoms with Crippen LogP contribution in [0.3, 0.4) is 0 Å². The molecule has 80 valence electrons. The number of alkyl halides is 1. The smallest absolute Gasteiger partial charge is 0.146 e. The van der Waals surface area contributed by atoms with Gasteiger partial charge in [-0.1, -0.05) is 22.8 Å². The standard InChI is InChI=1S/C10H8Cl2FNO/c11-5-6-4-9(14-15-6)10-7(12)2-1-3-8(10)13/h1-3,6H,4-5H2. The molecule has 1 aromatic rings. The van der Waals surface area contributed by atoms with Crippen LogP contribution in [0.1, 0.15) is 12.0 Å². The van der Waals surface area contributed by atoms with E-state index in [1.807, 2.05) is 0 Å². The van der Waals surface area contributed by atoms with Crippen LogP contribution < -0.4 is 0 Å². The average molecular weight is 248 g/mol. The molecule has 0 aliphatic carbocycles. The zero-order valence-corrected chi connectivity index (χ0v) is 9.22. The predicted molar refractivity (Wildman–Crippen MR) is 58.2 cm³/mol. The molecule has 2 nitrogen and oxygen atoms in total. The van der Waals surface area contributed by atoms with E-state index < -0.39 is 0 Å². The van der Waals surface area contributed by atoms with Crippen molar-refractivity contribution in [2.45, 2.75) is 12.5 Å². The molecule has 5 heteroatoms. The summed E-state index contributed by atoms with van der Waals surface area (Å²) in [6, 6.07) is 4.52. The zero-order valence-electron chi connectivity index (χ0n) is 7.71. The Labute approximate surface area is 96.6 Å². The van der Waals surface area contributed by atoms with E-state index in [1.165, 1.54) is 6.07 Å². The Morgan fingerprint density at radius 2 is 2.33 bits per heavy atom. The van der Waals surface area contributed by atoms with Gasteiger partial charge in [-0.25, -0.2) is 4.39 Å². The minimum atomic E-state index is -0.389. The van der Waals surface area contributed by atoms with E-state index in [1.54, 1.807) is 12.1 Å². The highest BCUT2D eigenvalue weighted by Gasteiger charge is 2.24. The number of halogens is 3. The van der Waals surface area contributed by atoms with Crippen molar-refractivity contribution in [2.75, 3.05) is 5.88 Å². The largest absolute Gasteiger partial charge is 0.391 e. The van der Waals surface area contributed by atoms with Crippen LogP contribution in [0.25, 0.3) is 0 Å². The van der Waals surface area contributed by atoms with Crippen molar-refractivity contribution in [3.05, 3.63) is 34.6 Å². The molecule has 1 atom stereocenters. The monoisotopic (exact) mass is 247 g/mol. The fourth-order valence-electron chi connectivity index (χ4n) is 1.43. The summed E-state index contributed by atoms with van der Waals surface area (Å²) in [6.07, 6.45) is 0.307. The molecule has 0 fully saturated rings. The SMILES string of the molecule is Fc1cccc(Cl)c1C1=NOC(CCl)C1. The second-order valence-electron chi connectivity index (χ2n) is 3.22. The molecule has 1 aliphatic rings. The van der Waals surface area contributed by atoms with E-state index in [0.29, 0.717) is 28.6 Å². The van der Waals surface area contributed by atoms with Crippen LogP contribution in [0.4, 0.5) is 4.39 Å². The Morgan fingerprint density at radius 3 is 2.93 bits per heavy atom. The first-order valence-corrected chi connectivity index (χ1v) is 5.36. The molecule has 15 heavy (non-hydrogen) atoms. The fourth-order valence-corrected chi connectivity index (χ4v) is 1.87. The highest BCUT2D eigenvalue weighted by molar-refractivity contribution is 6.34. The first-order chi connectivity index (χ1) is 7.22. The van der Waals surface area contributed by atoms with Gasteiger partial charge in [-0.15, -0.1) is 11.6 Å². The second-order valence-corrected chi connectivity index (χ2v) is 3.94. The van der Waals surface area contributed by atoms with Gasteiger partial charge in [-0.3, -0.25) is 0 Å². The van der Waals surface area contributed by atoms with E-state index in [2.05, 4.69) is 5.16 Å². The van der Waals surface area contributed by atoms with Gasteiger partial charge in [0.25, 0.3) is 0 Å². The van der Waals surface area contributed by atoms with Crippen LogP contribution in [0.5, 0.6) is 0 Å². The van der Waals surface area contributed by atoms with E-state index >= 15 is 0 Å². The maximum atomic E-state index is 13.5. The van der Waals surface area contributed by atoms with Crippen molar-refractivity contribution in [1.29, 1.82) is 0 Å². The highest BCUT2D eigenvalue weighted by Crippen LogP contribution is 2.25. The number of oxime groups is 1. The molecule has 0 aromatic heterocycles. The van der Waals surface area contributed by atoms with Crippen LogP contribution in [0, 0.1) is 5.82 Å². The summed E-state index contributed by atoms with van der Waals surface area (Å²) >= 11 is 11.5. The third kappa shape index (κ3) is 2.08. The van der Waals surface area contributed by atoms with Crippen molar-refractivity contribution in [3.63, 3.8) is 0 Å². The number of benzene rings is 1. The normalized spacial score (nSPS) is 19.9. The van der Waals surface area contributed by atoms with Gasteiger partial charge >= 0.3 is 0 Å². The summed E-state index contributed by atoms with van der Waals surface area (Å²) < 4.78 is 13.5. The summed E-state index contributed by atoms with van der Waals surface area (Å²) in [7, 11) is 0. The average Bonchev–Trinajstić information content (AvgIpc) is 2.66. The lowest BCUT2D eigenvalue weighted by molar-refractivity contribution is 0.102. The van der Waals surface area contributed by atoms with Crippen molar-refractivity contribution < 1.29 is 9.23 Å². The zero-order chi connectivity index (χ0) is 10.8. The number of nitrogens with zero attached hydrogens (tertiary/aromatic N) is 1. The first kappa shape index (κ1) is 10.7. The van der Waals surface area contributed by atoms with Crippen LogP contribution in [0.2, 0.25) is 5.02 Å². The molecular weight excluding hydrogens is 240 g/mol. The molecule has 0 spiro atoms. The molecule has 0 bridgehead atoms. The van der Waals surface area contributed by atoms with Gasteiger partial charge in [0.15, 0.2) is 0 Å². The Kier molecular flexibility index (Phi) is 3.12. The number of hydrogen-bond donors (Lipinski definition) is 0. The van der Waals surface area contributed by atoms with Gasteiger partial charge in [0.1, 0.15) is 11.9 Å². The summed E-state index contributed by atoms with van der Waals surface area (Å²) in [4.78, 5) is 5.01. The third-order valence-corrected chi connectivity index (χ3v) is 2.82. The summed E-state index contributed by atoms with van der Waals surface area (Å²) in [6.45, 7) is 0. The van der Waals surface area contributed by atoms with Crippen LogP contribution in [-0.4, -0.2) is 17.7 Å². The first-order valence-electron chi connectivity index (χ1n) is 4.45. The molecule has 0 radical (unpaired) electrons. The van der Waals surface area contributed by atoms with E-state index in [9.17, 15) is 4.39 Å². The molecule has 0 saturated carbocycles. The molecule has 0 N–H and O–H groups in total. The topological polar surface area (TPSA) is 21.6 Å². The van der Waals surface area contributed by atoms with E-state index in [0.717, 1.165) is 0 Å². The van der Waals surface area contributed by atoms with Gasteiger partial charge in [0.2, 0.25) is 0 Å². The quantitative estimate of drug-likeness (QED) is 0.736. The van der Waals surface area contributed by atoms with Crippen molar-refractivity contribution in [1.82, 2.24) is 0 Å². The maximum Gasteiger partial charge on any atom is 0.146 e. The predicted octanol–water partition coefficient (Wildman–Crippen LogP) is 3.21. The lowest BCUT2D eigenvalue weighted by atomic mass is 10.1. The molecule has 1 heterocycles. The Hall–Kier alpha value is -0.800. The number of rotatable bonds is 2. The lowest BCUT2D eigenvalue weighted by Gasteiger charge is -2.04. The van der Waals surface area contributed by atoms with Gasteiger partial charge < -0.3 is 4.84 Å². The van der Waals surface area contributed by atoms with Crippen LogP contribution in [0.15, 0.2) is 23.4 Å². The van der Waals surface area contributed by atoms with E-state index in [-0.39, 0.29) is 11.9 Å². The Bertz CT molecular complexity index is 388. The number of hydrogen-bond acceptors (Lipinski definition) is 2. The van der Waals surface area contributed by atoms with Crippen LogP contribution >= 0.6 is 23.2 Å². The molecular formula is C10H8Cl2FNO. The molecule has 0 amide bonds. The second kappa shape index (κ2) is 4.37. The summed E-state index contributed by atoms with van der Waals surface area (Å²) in [5.41, 5.74) is 0.829. The minimum absolute atomic E-state index is 0.183. The Morgan fingerprint density at radius 1 is 1.53 bits per heavy atom. The van der Waals surface area contributed by atoms with Crippen molar-refractivity contribution in [3.8, 4) is 0 Å². The van der Waals surface area contributed by atoms with Crippen LogP contribution in [-0.2, 0) is 4.84 Å². The van der Waals surface area contributed by atoms with Gasteiger partial charge in [-0.2, -0.15) is 0 Å². The molecule has 2 rings (SSSR count). The molecule has 1 unspecified atom stereocenters. The third-order valence-electron chi connectivity index (χ3n) is 2.16. The van der Waals surface area contributed by atoms with Gasteiger partial charge in [0, 0.05) is 6.42 Å². The van der Waals surface area contributed by atoms with E-state index in [4.69, 9.17) is 28.0 Å². The minimum Gasteiger partial charge on any atom is -0.391 e. The van der Waals surface area contributed by atoms with Crippen molar-refractivity contribution >= 4 is 28.9 Å². The lowest BCUT2D eigenvalue weighted by Crippen LogP contribution is -2.10. The molecule has 1 aromatic carbocycles. The van der Waals surface area contributed by atoms with Crippen molar-refractivity contribution in [2.24, 2.45) is 5.16 Å².